The molecule has 0 saturated heterocycles. The molecule has 78 valence electrons. The normalized spacial score (nSPS) is 18.8. The number of hydrogen-bond acceptors (Lipinski definition) is 3. The van der Waals surface area contributed by atoms with E-state index in [-0.39, 0.29) is 0 Å². The van der Waals surface area contributed by atoms with Crippen molar-refractivity contribution in [1.29, 1.82) is 0 Å². The zero-order valence-electron chi connectivity index (χ0n) is 8.65. The molecule has 3 heteroatoms. The molecular weight excluding hydrogens is 192 g/mol. The first-order chi connectivity index (χ1) is 6.81. The van der Waals surface area contributed by atoms with Gasteiger partial charge in [0.25, 0.3) is 0 Å². The Kier molecular flexibility index (Phi) is 3.21. The summed E-state index contributed by atoms with van der Waals surface area (Å²) in [6.07, 6.45) is 2.82. The standard InChI is InChI=1S/C11H18N2S/c1-13(7-9-2-3-9)11(6-12)10-4-5-14-8-10/h4-5,8-9,11H,2-3,6-7,12H2,1H3. The van der Waals surface area contributed by atoms with Gasteiger partial charge in [-0.25, -0.2) is 0 Å². The van der Waals surface area contributed by atoms with Crippen LogP contribution in [-0.4, -0.2) is 25.0 Å². The number of nitrogens with zero attached hydrogens (tertiary/aromatic N) is 1. The number of thiophene rings is 1. The molecule has 1 heterocycles. The van der Waals surface area contributed by atoms with Crippen LogP contribution >= 0.6 is 11.3 Å². The van der Waals surface area contributed by atoms with E-state index in [2.05, 4.69) is 28.8 Å². The highest BCUT2D eigenvalue weighted by molar-refractivity contribution is 7.07. The number of hydrogen-bond donors (Lipinski definition) is 1. The number of likely N-dealkylation sites (N-methyl/N-ethyl adjacent to an activating group) is 1. The van der Waals surface area contributed by atoms with Gasteiger partial charge in [-0.2, -0.15) is 11.3 Å². The first kappa shape index (κ1) is 10.1. The molecule has 0 spiro atoms. The van der Waals surface area contributed by atoms with E-state index in [9.17, 15) is 0 Å². The van der Waals surface area contributed by atoms with E-state index in [4.69, 9.17) is 5.73 Å². The van der Waals surface area contributed by atoms with Crippen LogP contribution in [0.1, 0.15) is 24.4 Å². The second-order valence-electron chi connectivity index (χ2n) is 4.19. The summed E-state index contributed by atoms with van der Waals surface area (Å²) >= 11 is 1.75. The van der Waals surface area contributed by atoms with Gasteiger partial charge in [0, 0.05) is 19.1 Å². The first-order valence-corrected chi connectivity index (χ1v) is 6.18. The van der Waals surface area contributed by atoms with Gasteiger partial charge >= 0.3 is 0 Å². The maximum absolute atomic E-state index is 5.82. The molecule has 0 aromatic carbocycles. The molecule has 1 unspecified atom stereocenters. The van der Waals surface area contributed by atoms with Gasteiger partial charge in [0.15, 0.2) is 0 Å². The molecule has 0 radical (unpaired) electrons. The van der Waals surface area contributed by atoms with Crippen LogP contribution in [0.2, 0.25) is 0 Å². The maximum Gasteiger partial charge on any atom is 0.0475 e. The summed E-state index contributed by atoms with van der Waals surface area (Å²) in [5, 5.41) is 4.34. The fourth-order valence-electron chi connectivity index (χ4n) is 1.87. The highest BCUT2D eigenvalue weighted by atomic mass is 32.1. The molecule has 0 bridgehead atoms. The minimum atomic E-state index is 0.418. The lowest BCUT2D eigenvalue weighted by molar-refractivity contribution is 0.241. The molecule has 1 saturated carbocycles. The second-order valence-corrected chi connectivity index (χ2v) is 4.97. The monoisotopic (exact) mass is 210 g/mol. The highest BCUT2D eigenvalue weighted by Gasteiger charge is 2.26. The SMILES string of the molecule is CN(CC1CC1)C(CN)c1ccsc1. The quantitative estimate of drug-likeness (QED) is 0.806. The molecule has 1 fully saturated rings. The Morgan fingerprint density at radius 3 is 2.93 bits per heavy atom. The summed E-state index contributed by atoms with van der Waals surface area (Å²) in [6, 6.07) is 2.60. The minimum absolute atomic E-state index is 0.418. The van der Waals surface area contributed by atoms with Gasteiger partial charge in [0.2, 0.25) is 0 Å². The zero-order chi connectivity index (χ0) is 9.97. The Hall–Kier alpha value is -0.380. The molecule has 1 aliphatic rings. The van der Waals surface area contributed by atoms with Crippen molar-refractivity contribution >= 4 is 11.3 Å². The lowest BCUT2D eigenvalue weighted by Crippen LogP contribution is -2.31. The maximum atomic E-state index is 5.82. The van der Waals surface area contributed by atoms with Crippen molar-refractivity contribution in [3.63, 3.8) is 0 Å². The van der Waals surface area contributed by atoms with Crippen molar-refractivity contribution in [2.45, 2.75) is 18.9 Å². The average molecular weight is 210 g/mol. The number of rotatable bonds is 5. The third kappa shape index (κ3) is 2.35. The summed E-state index contributed by atoms with van der Waals surface area (Å²) in [7, 11) is 2.19. The largest absolute Gasteiger partial charge is 0.329 e. The van der Waals surface area contributed by atoms with E-state index in [1.807, 2.05) is 0 Å². The Labute approximate surface area is 89.7 Å². The molecule has 14 heavy (non-hydrogen) atoms. The van der Waals surface area contributed by atoms with Crippen molar-refractivity contribution in [2.24, 2.45) is 11.7 Å². The van der Waals surface area contributed by atoms with Crippen LogP contribution in [0.4, 0.5) is 0 Å². The van der Waals surface area contributed by atoms with Gasteiger partial charge < -0.3 is 5.73 Å². The van der Waals surface area contributed by atoms with Crippen LogP contribution in [-0.2, 0) is 0 Å². The van der Waals surface area contributed by atoms with Crippen molar-refractivity contribution in [1.82, 2.24) is 4.90 Å². The topological polar surface area (TPSA) is 29.3 Å². The summed E-state index contributed by atoms with van der Waals surface area (Å²) in [5.41, 5.74) is 7.20. The molecule has 1 atom stereocenters. The van der Waals surface area contributed by atoms with E-state index < -0.39 is 0 Å². The van der Waals surface area contributed by atoms with Gasteiger partial charge in [-0.15, -0.1) is 0 Å². The Balaban J connectivity index is 1.97. The second kappa shape index (κ2) is 4.43. The van der Waals surface area contributed by atoms with E-state index in [1.165, 1.54) is 24.9 Å². The van der Waals surface area contributed by atoms with Crippen molar-refractivity contribution in [3.05, 3.63) is 22.4 Å². The van der Waals surface area contributed by atoms with Gasteiger partial charge in [-0.05, 0) is 48.2 Å². The van der Waals surface area contributed by atoms with Crippen LogP contribution in [0.15, 0.2) is 16.8 Å². The molecule has 2 nitrogen and oxygen atoms in total. The predicted octanol–water partition coefficient (Wildman–Crippen LogP) is 2.09. The first-order valence-electron chi connectivity index (χ1n) is 5.23. The van der Waals surface area contributed by atoms with E-state index in [0.717, 1.165) is 12.5 Å². The summed E-state index contributed by atoms with van der Waals surface area (Å²) < 4.78 is 0. The van der Waals surface area contributed by atoms with Gasteiger partial charge in [-0.3, -0.25) is 4.90 Å². The van der Waals surface area contributed by atoms with Crippen molar-refractivity contribution in [2.75, 3.05) is 20.1 Å². The summed E-state index contributed by atoms with van der Waals surface area (Å²) in [5.74, 6) is 0.938. The molecule has 2 N–H and O–H groups in total. The summed E-state index contributed by atoms with van der Waals surface area (Å²) in [4.78, 5) is 2.40. The average Bonchev–Trinajstić information content (AvgIpc) is 2.82. The Bertz CT molecular complexity index is 267. The molecule has 1 aromatic rings. The van der Waals surface area contributed by atoms with E-state index in [0.29, 0.717) is 6.04 Å². The lowest BCUT2D eigenvalue weighted by Gasteiger charge is -2.26. The highest BCUT2D eigenvalue weighted by Crippen LogP contribution is 2.32. The molecule has 1 aromatic heterocycles. The molecule has 0 aliphatic heterocycles. The number of nitrogens with two attached hydrogens (primary N) is 1. The van der Waals surface area contributed by atoms with Crippen LogP contribution in [0.25, 0.3) is 0 Å². The molecule has 2 rings (SSSR count). The van der Waals surface area contributed by atoms with Crippen LogP contribution in [0.5, 0.6) is 0 Å². The van der Waals surface area contributed by atoms with Crippen LogP contribution in [0.3, 0.4) is 0 Å². The fourth-order valence-corrected chi connectivity index (χ4v) is 2.58. The Morgan fingerprint density at radius 1 is 1.64 bits per heavy atom. The lowest BCUT2D eigenvalue weighted by atomic mass is 10.1. The van der Waals surface area contributed by atoms with Gasteiger partial charge in [-0.1, -0.05) is 0 Å². The van der Waals surface area contributed by atoms with Crippen LogP contribution < -0.4 is 5.73 Å². The van der Waals surface area contributed by atoms with Gasteiger partial charge in [0.1, 0.15) is 0 Å². The third-order valence-corrected chi connectivity index (χ3v) is 3.63. The minimum Gasteiger partial charge on any atom is -0.329 e. The Morgan fingerprint density at radius 2 is 2.43 bits per heavy atom. The fraction of sp³-hybridized carbons (Fsp3) is 0.636. The van der Waals surface area contributed by atoms with Gasteiger partial charge in [0.05, 0.1) is 0 Å². The van der Waals surface area contributed by atoms with E-state index in [1.54, 1.807) is 11.3 Å². The van der Waals surface area contributed by atoms with Crippen molar-refractivity contribution in [3.8, 4) is 0 Å². The summed E-state index contributed by atoms with van der Waals surface area (Å²) in [6.45, 7) is 1.93. The zero-order valence-corrected chi connectivity index (χ0v) is 9.46. The molecular formula is C11H18N2S. The molecule has 1 aliphatic carbocycles. The molecule has 0 amide bonds. The third-order valence-electron chi connectivity index (χ3n) is 2.93. The smallest absolute Gasteiger partial charge is 0.0475 e. The predicted molar refractivity (Wildman–Crippen MR) is 61.5 cm³/mol. The van der Waals surface area contributed by atoms with E-state index >= 15 is 0 Å². The van der Waals surface area contributed by atoms with Crippen molar-refractivity contribution < 1.29 is 0 Å². The van der Waals surface area contributed by atoms with Crippen LogP contribution in [0, 0.1) is 5.92 Å².